The molecule has 2 saturated carbocycles. The van der Waals surface area contributed by atoms with Gasteiger partial charge in [0, 0.05) is 47.1 Å². The maximum atomic E-state index is 5.51. The fourth-order valence-electron chi connectivity index (χ4n) is 3.40. The lowest BCUT2D eigenvalue weighted by molar-refractivity contribution is 0.0732. The molecular formula is C18H35N3O2. The predicted molar refractivity (Wildman–Crippen MR) is 94.9 cm³/mol. The van der Waals surface area contributed by atoms with Crippen LogP contribution in [0.1, 0.15) is 51.9 Å². The zero-order chi connectivity index (χ0) is 16.6. The van der Waals surface area contributed by atoms with Crippen molar-refractivity contribution in [2.45, 2.75) is 51.9 Å². The Bertz CT molecular complexity index is 376. The van der Waals surface area contributed by atoms with Gasteiger partial charge >= 0.3 is 0 Å². The smallest absolute Gasteiger partial charge is 0.191 e. The van der Waals surface area contributed by atoms with Crippen LogP contribution in [-0.2, 0) is 9.47 Å². The average molecular weight is 325 g/mol. The topological polar surface area (TPSA) is 54.9 Å². The molecule has 5 nitrogen and oxygen atoms in total. The quantitative estimate of drug-likeness (QED) is 0.348. The lowest BCUT2D eigenvalue weighted by Gasteiger charge is -2.42. The maximum absolute atomic E-state index is 5.51. The molecule has 0 aromatic heterocycles. The fraction of sp³-hybridized carbons (Fsp3) is 0.944. The zero-order valence-electron chi connectivity index (χ0n) is 15.2. The summed E-state index contributed by atoms with van der Waals surface area (Å²) in [5, 5.41) is 7.07. The van der Waals surface area contributed by atoms with Gasteiger partial charge in [-0.1, -0.05) is 6.42 Å². The molecule has 2 fully saturated rings. The van der Waals surface area contributed by atoms with E-state index in [9.17, 15) is 0 Å². The van der Waals surface area contributed by atoms with Crippen molar-refractivity contribution in [1.82, 2.24) is 10.6 Å². The summed E-state index contributed by atoms with van der Waals surface area (Å²) in [5.74, 6) is 0.941. The van der Waals surface area contributed by atoms with Crippen LogP contribution >= 0.6 is 0 Å². The largest absolute Gasteiger partial charge is 0.385 e. The number of nitrogens with zero attached hydrogens (tertiary/aromatic N) is 1. The molecule has 2 N–H and O–H groups in total. The second-order valence-electron chi connectivity index (χ2n) is 7.32. The minimum Gasteiger partial charge on any atom is -0.385 e. The number of guanidine groups is 1. The van der Waals surface area contributed by atoms with E-state index in [1.54, 1.807) is 7.11 Å². The van der Waals surface area contributed by atoms with Crippen LogP contribution in [0.5, 0.6) is 0 Å². The molecule has 0 aromatic rings. The summed E-state index contributed by atoms with van der Waals surface area (Å²) in [4.78, 5) is 4.39. The predicted octanol–water partition coefficient (Wildman–Crippen LogP) is 2.57. The first-order valence-corrected chi connectivity index (χ1v) is 9.19. The Hall–Kier alpha value is -0.810. The van der Waals surface area contributed by atoms with Gasteiger partial charge in [0.2, 0.25) is 0 Å². The molecule has 0 atom stereocenters. The van der Waals surface area contributed by atoms with Gasteiger partial charge in [-0.2, -0.15) is 0 Å². The number of nitrogens with one attached hydrogen (secondary N) is 2. The standard InChI is InChI=1S/C18H35N3O2/c1-4-23-13-11-18(8-9-18)15-21-16(19-2)20-14-17(6-5-7-17)10-12-22-3/h4-15H2,1-3H3,(H2,19,20,21). The molecule has 0 spiro atoms. The van der Waals surface area contributed by atoms with E-state index in [0.29, 0.717) is 10.8 Å². The second-order valence-corrected chi connectivity index (χ2v) is 7.32. The molecule has 0 saturated heterocycles. The van der Waals surface area contributed by atoms with Crippen LogP contribution in [-0.4, -0.2) is 53.0 Å². The Morgan fingerprint density at radius 1 is 1.00 bits per heavy atom. The third kappa shape index (κ3) is 5.64. The van der Waals surface area contributed by atoms with E-state index in [2.05, 4.69) is 22.5 Å². The van der Waals surface area contributed by atoms with E-state index in [1.807, 2.05) is 7.05 Å². The lowest BCUT2D eigenvalue weighted by atomic mass is 9.67. The average Bonchev–Trinajstić information content (AvgIpc) is 3.29. The normalized spacial score (nSPS) is 21.6. The molecule has 0 bridgehead atoms. The van der Waals surface area contributed by atoms with Crippen LogP contribution in [0.4, 0.5) is 0 Å². The molecule has 2 aliphatic carbocycles. The number of ether oxygens (including phenoxy) is 2. The SMILES string of the molecule is CCOCCC1(CNC(=NC)NCC2(CCOC)CCC2)CC1. The van der Waals surface area contributed by atoms with Crippen LogP contribution in [0.2, 0.25) is 0 Å². The van der Waals surface area contributed by atoms with E-state index in [4.69, 9.17) is 9.47 Å². The Morgan fingerprint density at radius 2 is 1.61 bits per heavy atom. The zero-order valence-corrected chi connectivity index (χ0v) is 15.2. The Morgan fingerprint density at radius 3 is 2.04 bits per heavy atom. The number of methoxy groups -OCH3 is 1. The van der Waals surface area contributed by atoms with Crippen molar-refractivity contribution in [3.8, 4) is 0 Å². The first-order chi connectivity index (χ1) is 11.2. The number of hydrogen-bond acceptors (Lipinski definition) is 3. The molecule has 0 aromatic carbocycles. The van der Waals surface area contributed by atoms with Crippen LogP contribution in [0.15, 0.2) is 4.99 Å². The van der Waals surface area contributed by atoms with E-state index >= 15 is 0 Å². The van der Waals surface area contributed by atoms with Crippen molar-refractivity contribution in [3.63, 3.8) is 0 Å². The minimum absolute atomic E-state index is 0.417. The Balaban J connectivity index is 1.69. The van der Waals surface area contributed by atoms with Crippen molar-refractivity contribution >= 4 is 5.96 Å². The van der Waals surface area contributed by atoms with Gasteiger partial charge < -0.3 is 20.1 Å². The van der Waals surface area contributed by atoms with Crippen molar-refractivity contribution < 1.29 is 9.47 Å². The third-order valence-corrected chi connectivity index (χ3v) is 5.67. The highest BCUT2D eigenvalue weighted by Gasteiger charge is 2.42. The monoisotopic (exact) mass is 325 g/mol. The van der Waals surface area contributed by atoms with Crippen molar-refractivity contribution in [3.05, 3.63) is 0 Å². The van der Waals surface area contributed by atoms with Gasteiger partial charge in [0.15, 0.2) is 5.96 Å². The summed E-state index contributed by atoms with van der Waals surface area (Å²) >= 11 is 0. The van der Waals surface area contributed by atoms with Gasteiger partial charge in [-0.15, -0.1) is 0 Å². The molecule has 0 heterocycles. The van der Waals surface area contributed by atoms with Crippen molar-refractivity contribution in [2.24, 2.45) is 15.8 Å². The minimum atomic E-state index is 0.417. The van der Waals surface area contributed by atoms with Crippen LogP contribution < -0.4 is 10.6 Å². The first-order valence-electron chi connectivity index (χ1n) is 9.19. The van der Waals surface area contributed by atoms with Gasteiger partial charge in [0.25, 0.3) is 0 Å². The maximum Gasteiger partial charge on any atom is 0.191 e. The van der Waals surface area contributed by atoms with E-state index in [0.717, 1.165) is 51.7 Å². The summed E-state index contributed by atoms with van der Waals surface area (Å²) in [6, 6.07) is 0. The van der Waals surface area contributed by atoms with Crippen LogP contribution in [0.25, 0.3) is 0 Å². The van der Waals surface area contributed by atoms with E-state index in [-0.39, 0.29) is 0 Å². The molecule has 134 valence electrons. The van der Waals surface area contributed by atoms with Crippen molar-refractivity contribution in [1.29, 1.82) is 0 Å². The number of hydrogen-bond donors (Lipinski definition) is 2. The molecule has 2 rings (SSSR count). The molecule has 23 heavy (non-hydrogen) atoms. The van der Waals surface area contributed by atoms with Crippen molar-refractivity contribution in [2.75, 3.05) is 47.1 Å². The molecular weight excluding hydrogens is 290 g/mol. The summed E-state index contributed by atoms with van der Waals surface area (Å²) in [6.07, 6.45) is 8.87. The Labute approximate surface area is 141 Å². The van der Waals surface area contributed by atoms with Gasteiger partial charge in [-0.05, 0) is 56.3 Å². The van der Waals surface area contributed by atoms with Gasteiger partial charge in [0.1, 0.15) is 0 Å². The fourth-order valence-corrected chi connectivity index (χ4v) is 3.40. The number of aliphatic imine (C=N–C) groups is 1. The van der Waals surface area contributed by atoms with Crippen LogP contribution in [0.3, 0.4) is 0 Å². The molecule has 0 radical (unpaired) electrons. The Kier molecular flexibility index (Phi) is 7.15. The van der Waals surface area contributed by atoms with E-state index in [1.165, 1.54) is 32.1 Å². The molecule has 2 aliphatic rings. The van der Waals surface area contributed by atoms with Gasteiger partial charge in [-0.3, -0.25) is 4.99 Å². The van der Waals surface area contributed by atoms with Crippen LogP contribution in [0, 0.1) is 10.8 Å². The highest BCUT2D eigenvalue weighted by atomic mass is 16.5. The molecule has 0 aliphatic heterocycles. The summed E-state index contributed by atoms with van der Waals surface area (Å²) in [6.45, 7) is 6.62. The molecule has 0 unspecified atom stereocenters. The second kappa shape index (κ2) is 8.88. The summed E-state index contributed by atoms with van der Waals surface area (Å²) in [5.41, 5.74) is 0.858. The van der Waals surface area contributed by atoms with E-state index < -0.39 is 0 Å². The highest BCUT2D eigenvalue weighted by Crippen LogP contribution is 2.48. The molecule has 0 amide bonds. The highest BCUT2D eigenvalue weighted by molar-refractivity contribution is 5.79. The summed E-state index contributed by atoms with van der Waals surface area (Å²) in [7, 11) is 3.65. The first kappa shape index (κ1) is 18.5. The lowest BCUT2D eigenvalue weighted by Crippen LogP contribution is -2.48. The van der Waals surface area contributed by atoms with Gasteiger partial charge in [-0.25, -0.2) is 0 Å². The third-order valence-electron chi connectivity index (χ3n) is 5.67. The number of rotatable bonds is 11. The summed E-state index contributed by atoms with van der Waals surface area (Å²) < 4.78 is 10.8. The molecule has 5 heteroatoms. The van der Waals surface area contributed by atoms with Gasteiger partial charge in [0.05, 0.1) is 0 Å².